The molecule has 3 rings (SSSR count). The van der Waals surface area contributed by atoms with Crippen molar-refractivity contribution in [2.75, 3.05) is 18.4 Å². The Morgan fingerprint density at radius 3 is 2.62 bits per heavy atom. The molecular formula is C15H20N2O3S. The first-order chi connectivity index (χ1) is 9.94. The Bertz CT molecular complexity index is 553. The van der Waals surface area contributed by atoms with Gasteiger partial charge in [0.25, 0.3) is 5.91 Å². The van der Waals surface area contributed by atoms with Gasteiger partial charge in [0.1, 0.15) is 0 Å². The zero-order chi connectivity index (χ0) is 15.0. The Kier molecular flexibility index (Phi) is 3.75. The molecule has 0 spiro atoms. The van der Waals surface area contributed by atoms with E-state index in [2.05, 4.69) is 5.32 Å². The molecule has 6 heteroatoms. The van der Waals surface area contributed by atoms with Crippen LogP contribution in [0.3, 0.4) is 0 Å². The molecule has 0 bridgehead atoms. The van der Waals surface area contributed by atoms with Crippen LogP contribution < -0.4 is 5.32 Å². The number of hydrogen-bond donors (Lipinski definition) is 2. The lowest BCUT2D eigenvalue weighted by Crippen LogP contribution is -2.44. The summed E-state index contributed by atoms with van der Waals surface area (Å²) in [6.07, 6.45) is 3.15. The molecule has 21 heavy (non-hydrogen) atoms. The maximum atomic E-state index is 12.4. The largest absolute Gasteiger partial charge is 0.390 e. The van der Waals surface area contributed by atoms with Crippen molar-refractivity contribution in [1.29, 1.82) is 0 Å². The van der Waals surface area contributed by atoms with Gasteiger partial charge in [-0.15, -0.1) is 11.3 Å². The predicted octanol–water partition coefficient (Wildman–Crippen LogP) is 2.08. The number of anilines is 1. The minimum Gasteiger partial charge on any atom is -0.390 e. The molecule has 1 saturated carbocycles. The zero-order valence-electron chi connectivity index (χ0n) is 12.1. The van der Waals surface area contributed by atoms with Crippen LogP contribution in [0.5, 0.6) is 0 Å². The van der Waals surface area contributed by atoms with Crippen LogP contribution >= 0.6 is 11.3 Å². The second kappa shape index (κ2) is 5.42. The maximum Gasteiger partial charge on any atom is 0.263 e. The molecule has 0 unspecified atom stereocenters. The second-order valence-corrected chi connectivity index (χ2v) is 7.30. The van der Waals surface area contributed by atoms with Gasteiger partial charge in [-0.2, -0.15) is 0 Å². The Morgan fingerprint density at radius 1 is 1.33 bits per heavy atom. The van der Waals surface area contributed by atoms with Crippen LogP contribution in [0.15, 0.2) is 12.1 Å². The van der Waals surface area contributed by atoms with Gasteiger partial charge >= 0.3 is 0 Å². The molecule has 0 atom stereocenters. The van der Waals surface area contributed by atoms with Gasteiger partial charge in [0, 0.05) is 19.0 Å². The molecule has 0 aromatic carbocycles. The van der Waals surface area contributed by atoms with Crippen molar-refractivity contribution in [3.8, 4) is 0 Å². The molecule has 2 fully saturated rings. The first kappa shape index (κ1) is 14.5. The van der Waals surface area contributed by atoms with Gasteiger partial charge in [-0.25, -0.2) is 0 Å². The molecule has 0 radical (unpaired) electrons. The van der Waals surface area contributed by atoms with E-state index < -0.39 is 5.60 Å². The topological polar surface area (TPSA) is 69.6 Å². The quantitative estimate of drug-likeness (QED) is 0.898. The van der Waals surface area contributed by atoms with E-state index in [0.717, 1.165) is 17.8 Å². The minimum absolute atomic E-state index is 0.0116. The summed E-state index contributed by atoms with van der Waals surface area (Å²) in [6.45, 7) is 2.96. The van der Waals surface area contributed by atoms with Crippen molar-refractivity contribution >= 4 is 28.2 Å². The van der Waals surface area contributed by atoms with Gasteiger partial charge in [0.2, 0.25) is 5.91 Å². The SMILES string of the molecule is CC1(O)CCN(C(=O)c2ccc(NC(=O)C3CC3)s2)CC1. The van der Waals surface area contributed by atoms with Crippen molar-refractivity contribution < 1.29 is 14.7 Å². The average Bonchev–Trinajstić information content (AvgIpc) is 3.19. The fraction of sp³-hybridized carbons (Fsp3) is 0.600. The van der Waals surface area contributed by atoms with E-state index in [1.807, 2.05) is 6.92 Å². The van der Waals surface area contributed by atoms with Crippen molar-refractivity contribution in [3.05, 3.63) is 17.0 Å². The molecule has 2 N–H and O–H groups in total. The van der Waals surface area contributed by atoms with E-state index in [0.29, 0.717) is 30.8 Å². The summed E-state index contributed by atoms with van der Waals surface area (Å²) in [6, 6.07) is 3.56. The summed E-state index contributed by atoms with van der Waals surface area (Å²) in [5.74, 6) is 0.211. The van der Waals surface area contributed by atoms with Crippen LogP contribution in [-0.4, -0.2) is 40.5 Å². The summed E-state index contributed by atoms with van der Waals surface area (Å²) in [5.41, 5.74) is -0.657. The molecule has 2 heterocycles. The summed E-state index contributed by atoms with van der Waals surface area (Å²) >= 11 is 1.32. The van der Waals surface area contributed by atoms with E-state index >= 15 is 0 Å². The van der Waals surface area contributed by atoms with Crippen LogP contribution in [-0.2, 0) is 4.79 Å². The number of carbonyl (C=O) groups excluding carboxylic acids is 2. The normalized spacial score (nSPS) is 21.1. The van der Waals surface area contributed by atoms with Crippen LogP contribution in [0.2, 0.25) is 0 Å². The lowest BCUT2D eigenvalue weighted by atomic mass is 9.94. The molecule has 1 aromatic heterocycles. The minimum atomic E-state index is -0.657. The standard InChI is InChI=1S/C15H20N2O3S/c1-15(20)6-8-17(9-7-15)14(19)11-4-5-12(21-11)16-13(18)10-2-3-10/h4-5,10,20H,2-3,6-9H2,1H3,(H,16,18). The highest BCUT2D eigenvalue weighted by molar-refractivity contribution is 7.18. The molecule has 2 aliphatic rings. The number of rotatable bonds is 3. The number of aliphatic hydroxyl groups is 1. The van der Waals surface area contributed by atoms with Crippen LogP contribution in [0, 0.1) is 5.92 Å². The zero-order valence-corrected chi connectivity index (χ0v) is 12.9. The molecule has 114 valence electrons. The lowest BCUT2D eigenvalue weighted by Gasteiger charge is -2.35. The summed E-state index contributed by atoms with van der Waals surface area (Å²) in [7, 11) is 0. The number of nitrogens with zero attached hydrogens (tertiary/aromatic N) is 1. The summed E-state index contributed by atoms with van der Waals surface area (Å²) in [5, 5.41) is 13.5. The molecule has 1 aromatic rings. The van der Waals surface area contributed by atoms with Crippen molar-refractivity contribution in [2.45, 2.75) is 38.2 Å². The highest BCUT2D eigenvalue weighted by Crippen LogP contribution is 2.32. The van der Waals surface area contributed by atoms with Gasteiger partial charge < -0.3 is 15.3 Å². The summed E-state index contributed by atoms with van der Waals surface area (Å²) < 4.78 is 0. The van der Waals surface area contributed by atoms with Gasteiger partial charge in [-0.3, -0.25) is 9.59 Å². The second-order valence-electron chi connectivity index (χ2n) is 6.22. The Balaban J connectivity index is 1.60. The number of amides is 2. The van der Waals surface area contributed by atoms with Crippen molar-refractivity contribution in [1.82, 2.24) is 4.90 Å². The average molecular weight is 308 g/mol. The number of nitrogens with one attached hydrogen (secondary N) is 1. The first-order valence-electron chi connectivity index (χ1n) is 7.37. The Morgan fingerprint density at radius 2 is 2.00 bits per heavy atom. The smallest absolute Gasteiger partial charge is 0.263 e. The monoisotopic (exact) mass is 308 g/mol. The van der Waals surface area contributed by atoms with Gasteiger partial charge in [-0.05, 0) is 44.7 Å². The number of hydrogen-bond acceptors (Lipinski definition) is 4. The maximum absolute atomic E-state index is 12.4. The number of likely N-dealkylation sites (tertiary alicyclic amines) is 1. The Hall–Kier alpha value is -1.40. The van der Waals surface area contributed by atoms with Crippen molar-refractivity contribution in [3.63, 3.8) is 0 Å². The fourth-order valence-corrected chi connectivity index (χ4v) is 3.31. The number of carbonyl (C=O) groups is 2. The van der Waals surface area contributed by atoms with E-state index in [4.69, 9.17) is 0 Å². The van der Waals surface area contributed by atoms with E-state index in [1.54, 1.807) is 17.0 Å². The van der Waals surface area contributed by atoms with Crippen LogP contribution in [0.4, 0.5) is 5.00 Å². The van der Waals surface area contributed by atoms with Crippen molar-refractivity contribution in [2.24, 2.45) is 5.92 Å². The fourth-order valence-electron chi connectivity index (χ4n) is 2.44. The number of thiophene rings is 1. The van der Waals surface area contributed by atoms with Crippen LogP contribution in [0.25, 0.3) is 0 Å². The molecule has 5 nitrogen and oxygen atoms in total. The molecular weight excluding hydrogens is 288 g/mol. The van der Waals surface area contributed by atoms with Crippen LogP contribution in [0.1, 0.15) is 42.3 Å². The molecule has 1 saturated heterocycles. The van der Waals surface area contributed by atoms with Gasteiger partial charge in [-0.1, -0.05) is 0 Å². The molecule has 1 aliphatic carbocycles. The predicted molar refractivity (Wildman–Crippen MR) is 81.4 cm³/mol. The molecule has 1 aliphatic heterocycles. The molecule has 2 amide bonds. The number of piperidine rings is 1. The first-order valence-corrected chi connectivity index (χ1v) is 8.19. The third kappa shape index (κ3) is 3.44. The third-order valence-corrected chi connectivity index (χ3v) is 5.13. The van der Waals surface area contributed by atoms with Gasteiger partial charge in [0.15, 0.2) is 0 Å². The van der Waals surface area contributed by atoms with E-state index in [-0.39, 0.29) is 17.7 Å². The third-order valence-electron chi connectivity index (χ3n) is 4.14. The van der Waals surface area contributed by atoms with Gasteiger partial charge in [0.05, 0.1) is 15.5 Å². The summed E-state index contributed by atoms with van der Waals surface area (Å²) in [4.78, 5) is 26.5. The lowest BCUT2D eigenvalue weighted by molar-refractivity contribution is -0.117. The van der Waals surface area contributed by atoms with E-state index in [9.17, 15) is 14.7 Å². The highest BCUT2D eigenvalue weighted by atomic mass is 32.1. The Labute approximate surface area is 128 Å². The highest BCUT2D eigenvalue weighted by Gasteiger charge is 2.31. The van der Waals surface area contributed by atoms with E-state index in [1.165, 1.54) is 11.3 Å².